The molecule has 0 unspecified atom stereocenters. The Morgan fingerprint density at radius 2 is 2.06 bits per heavy atom. The first-order valence-corrected chi connectivity index (χ1v) is 5.00. The third-order valence-electron chi connectivity index (χ3n) is 1.81. The lowest BCUT2D eigenvalue weighted by molar-refractivity contribution is 0.628. The Balaban J connectivity index is 3.11. The van der Waals surface area contributed by atoms with Crippen molar-refractivity contribution in [2.24, 2.45) is 27.2 Å². The molecule has 17 heavy (non-hydrogen) atoms. The predicted molar refractivity (Wildman–Crippen MR) is 67.7 cm³/mol. The van der Waals surface area contributed by atoms with Crippen molar-refractivity contribution in [3.05, 3.63) is 24.0 Å². The van der Waals surface area contributed by atoms with Gasteiger partial charge in [-0.1, -0.05) is 0 Å². The van der Waals surface area contributed by atoms with E-state index in [4.69, 9.17) is 17.2 Å². The van der Waals surface area contributed by atoms with Gasteiger partial charge >= 0.3 is 0 Å². The zero-order chi connectivity index (χ0) is 12.8. The summed E-state index contributed by atoms with van der Waals surface area (Å²) in [7, 11) is 0. The summed E-state index contributed by atoms with van der Waals surface area (Å²) in [5.41, 5.74) is 16.8. The molecule has 1 rings (SSSR count). The molecule has 6 nitrogen and oxygen atoms in total. The quantitative estimate of drug-likeness (QED) is 0.452. The topological polar surface area (TPSA) is 115 Å². The van der Waals surface area contributed by atoms with Crippen LogP contribution in [-0.2, 0) is 0 Å². The third kappa shape index (κ3) is 3.98. The fraction of sp³-hybridized carbons (Fsp3) is 0.200. The maximum absolute atomic E-state index is 13.1. The van der Waals surface area contributed by atoms with Crippen molar-refractivity contribution in [2.75, 3.05) is 11.9 Å². The van der Waals surface area contributed by atoms with Crippen LogP contribution in [0, 0.1) is 5.82 Å². The van der Waals surface area contributed by atoms with Gasteiger partial charge in [0.15, 0.2) is 5.96 Å². The maximum Gasteiger partial charge on any atom is 0.223 e. The summed E-state index contributed by atoms with van der Waals surface area (Å²) in [6.45, 7) is 2.59. The van der Waals surface area contributed by atoms with Gasteiger partial charge < -0.3 is 22.5 Å². The first-order valence-electron chi connectivity index (χ1n) is 5.00. The number of rotatable bonds is 3. The highest BCUT2D eigenvalue weighted by molar-refractivity contribution is 5.94. The molecule has 7 heteroatoms. The van der Waals surface area contributed by atoms with Crippen molar-refractivity contribution in [3.8, 4) is 0 Å². The molecule has 0 heterocycles. The smallest absolute Gasteiger partial charge is 0.223 e. The molecule has 0 atom stereocenters. The van der Waals surface area contributed by atoms with Crippen LogP contribution in [0.15, 0.2) is 28.2 Å². The molecule has 0 fully saturated rings. The summed E-state index contributed by atoms with van der Waals surface area (Å²) in [5.74, 6) is -0.745. The monoisotopic (exact) mass is 238 g/mol. The normalized spacial score (nSPS) is 11.1. The van der Waals surface area contributed by atoms with E-state index in [9.17, 15) is 4.39 Å². The molecule has 0 saturated carbocycles. The fourth-order valence-corrected chi connectivity index (χ4v) is 1.22. The Morgan fingerprint density at radius 1 is 1.35 bits per heavy atom. The van der Waals surface area contributed by atoms with Crippen LogP contribution in [-0.4, -0.2) is 18.5 Å². The van der Waals surface area contributed by atoms with Crippen molar-refractivity contribution in [3.63, 3.8) is 0 Å². The van der Waals surface area contributed by atoms with E-state index in [-0.39, 0.29) is 11.9 Å². The highest BCUT2D eigenvalue weighted by Gasteiger charge is 2.03. The van der Waals surface area contributed by atoms with Crippen LogP contribution in [0.25, 0.3) is 0 Å². The second kappa shape index (κ2) is 5.69. The van der Waals surface area contributed by atoms with E-state index in [0.717, 1.165) is 0 Å². The third-order valence-corrected chi connectivity index (χ3v) is 1.81. The van der Waals surface area contributed by atoms with Crippen LogP contribution in [0.5, 0.6) is 0 Å². The highest BCUT2D eigenvalue weighted by atomic mass is 19.1. The van der Waals surface area contributed by atoms with Gasteiger partial charge in [-0.2, -0.15) is 4.99 Å². The minimum absolute atomic E-state index is 0.130. The van der Waals surface area contributed by atoms with E-state index < -0.39 is 5.82 Å². The predicted octanol–water partition coefficient (Wildman–Crippen LogP) is 0.477. The minimum Gasteiger partial charge on any atom is -0.384 e. The van der Waals surface area contributed by atoms with Crippen molar-refractivity contribution >= 4 is 23.3 Å². The minimum atomic E-state index is -0.414. The van der Waals surface area contributed by atoms with Crippen molar-refractivity contribution < 1.29 is 4.39 Å². The number of hydrogen-bond donors (Lipinski definition) is 4. The second-order valence-corrected chi connectivity index (χ2v) is 3.20. The van der Waals surface area contributed by atoms with Crippen molar-refractivity contribution in [1.82, 2.24) is 0 Å². The summed E-state index contributed by atoms with van der Waals surface area (Å²) in [6.07, 6.45) is 0. The number of anilines is 1. The number of halogens is 1. The van der Waals surface area contributed by atoms with E-state index in [1.807, 2.05) is 6.92 Å². The molecule has 0 aliphatic heterocycles. The average Bonchev–Trinajstić information content (AvgIpc) is 2.21. The zero-order valence-electron chi connectivity index (χ0n) is 9.44. The van der Waals surface area contributed by atoms with E-state index in [1.54, 1.807) is 6.07 Å². The van der Waals surface area contributed by atoms with E-state index in [1.165, 1.54) is 12.1 Å². The van der Waals surface area contributed by atoms with Crippen molar-refractivity contribution in [2.45, 2.75) is 6.92 Å². The van der Waals surface area contributed by atoms with Crippen molar-refractivity contribution in [1.29, 1.82) is 0 Å². The Hall–Kier alpha value is -2.31. The molecule has 1 aromatic rings. The Bertz CT molecular complexity index is 450. The lowest BCUT2D eigenvalue weighted by Crippen LogP contribution is -2.26. The lowest BCUT2D eigenvalue weighted by atomic mass is 10.2. The molecule has 0 amide bonds. The summed E-state index contributed by atoms with van der Waals surface area (Å²) >= 11 is 0. The van der Waals surface area contributed by atoms with Crippen LogP contribution < -0.4 is 22.5 Å². The molecule has 0 saturated heterocycles. The van der Waals surface area contributed by atoms with Gasteiger partial charge in [-0.25, -0.2) is 9.38 Å². The second-order valence-electron chi connectivity index (χ2n) is 3.20. The van der Waals surface area contributed by atoms with Gasteiger partial charge in [-0.3, -0.25) is 0 Å². The number of aliphatic imine (C=N–C) groups is 2. The van der Waals surface area contributed by atoms with Crippen LogP contribution >= 0.6 is 0 Å². The first kappa shape index (κ1) is 12.8. The molecule has 0 spiro atoms. The first-order chi connectivity index (χ1) is 8.02. The molecule has 0 aliphatic carbocycles. The summed E-state index contributed by atoms with van der Waals surface area (Å²) in [4.78, 5) is 7.48. The summed E-state index contributed by atoms with van der Waals surface area (Å²) < 4.78 is 13.1. The Kier molecular flexibility index (Phi) is 4.27. The molecule has 1 aromatic carbocycles. The highest BCUT2D eigenvalue weighted by Crippen LogP contribution is 2.25. The molecular weight excluding hydrogens is 223 g/mol. The molecule has 92 valence electrons. The Labute approximate surface area is 98.4 Å². The van der Waals surface area contributed by atoms with Gasteiger partial charge in [-0.15, -0.1) is 0 Å². The Morgan fingerprint density at radius 3 is 2.65 bits per heavy atom. The lowest BCUT2D eigenvalue weighted by Gasteiger charge is -2.07. The molecule has 0 aromatic heterocycles. The standard InChI is InChI=1S/C10H15FN6/c1-2-15-7-4-3-6(11)5-8(7)16-10(14)17-9(12)13/h3-5,15H,2H2,1H3,(H6,12,13,14,16,17). The van der Waals surface area contributed by atoms with Gasteiger partial charge in [0.1, 0.15) is 5.82 Å². The van der Waals surface area contributed by atoms with Gasteiger partial charge in [0, 0.05) is 12.6 Å². The number of nitrogens with zero attached hydrogens (tertiary/aromatic N) is 2. The van der Waals surface area contributed by atoms with Crippen LogP contribution in [0.4, 0.5) is 15.8 Å². The molecular formula is C10H15FN6. The van der Waals surface area contributed by atoms with Gasteiger partial charge in [0.25, 0.3) is 0 Å². The average molecular weight is 238 g/mol. The van der Waals surface area contributed by atoms with E-state index in [2.05, 4.69) is 15.3 Å². The summed E-state index contributed by atoms with van der Waals surface area (Å²) in [6, 6.07) is 4.14. The number of benzene rings is 1. The number of nitrogens with two attached hydrogens (primary N) is 3. The fourth-order valence-electron chi connectivity index (χ4n) is 1.22. The number of guanidine groups is 2. The van der Waals surface area contributed by atoms with Crippen LogP contribution in [0.1, 0.15) is 6.92 Å². The zero-order valence-corrected chi connectivity index (χ0v) is 9.44. The van der Waals surface area contributed by atoms with Crippen LogP contribution in [0.2, 0.25) is 0 Å². The number of hydrogen-bond acceptors (Lipinski definition) is 2. The SMILES string of the molecule is CCNc1ccc(F)cc1N=C(N)N=C(N)N. The van der Waals surface area contributed by atoms with E-state index in [0.29, 0.717) is 17.9 Å². The van der Waals surface area contributed by atoms with Gasteiger partial charge in [0.05, 0.1) is 11.4 Å². The number of nitrogens with one attached hydrogen (secondary N) is 1. The molecule has 0 radical (unpaired) electrons. The molecule has 7 N–H and O–H groups in total. The molecule has 0 bridgehead atoms. The summed E-state index contributed by atoms with van der Waals surface area (Å²) in [5, 5.41) is 3.02. The maximum atomic E-state index is 13.1. The van der Waals surface area contributed by atoms with Crippen LogP contribution in [0.3, 0.4) is 0 Å². The largest absolute Gasteiger partial charge is 0.384 e. The van der Waals surface area contributed by atoms with E-state index >= 15 is 0 Å². The van der Waals surface area contributed by atoms with Gasteiger partial charge in [0.2, 0.25) is 5.96 Å². The molecule has 0 aliphatic rings. The van der Waals surface area contributed by atoms with Gasteiger partial charge in [-0.05, 0) is 19.1 Å².